The highest BCUT2D eigenvalue weighted by Gasteiger charge is 2.12. The number of thioether (sulfide) groups is 2. The molecule has 0 spiro atoms. The second kappa shape index (κ2) is 4.07. The molecule has 0 aliphatic carbocycles. The second-order valence-corrected chi connectivity index (χ2v) is 4.36. The monoisotopic (exact) mass is 189 g/mol. The van der Waals surface area contributed by atoms with Gasteiger partial charge in [-0.1, -0.05) is 5.16 Å². The largest absolute Gasteiger partial charge is 0.359 e. The summed E-state index contributed by atoms with van der Waals surface area (Å²) in [4.78, 5) is 0. The minimum absolute atomic E-state index is 0.385. The van der Waals surface area contributed by atoms with Gasteiger partial charge in [0.2, 0.25) is 0 Å². The Morgan fingerprint density at radius 1 is 1.45 bits per heavy atom. The van der Waals surface area contributed by atoms with Gasteiger partial charge in [0, 0.05) is 6.07 Å². The highest BCUT2D eigenvalue weighted by atomic mass is 32.2. The molecule has 0 aliphatic heterocycles. The molecule has 0 atom stereocenters. The normalized spacial score (nSPS) is 10.9. The van der Waals surface area contributed by atoms with E-state index in [-0.39, 0.29) is 0 Å². The Morgan fingerprint density at radius 2 is 2.09 bits per heavy atom. The zero-order chi connectivity index (χ0) is 8.27. The third-order valence-electron chi connectivity index (χ3n) is 1.31. The summed E-state index contributed by atoms with van der Waals surface area (Å²) < 4.78 is 5.50. The van der Waals surface area contributed by atoms with E-state index < -0.39 is 0 Å². The first-order valence-electron chi connectivity index (χ1n) is 3.26. The van der Waals surface area contributed by atoms with Crippen LogP contribution in [0.5, 0.6) is 0 Å². The van der Waals surface area contributed by atoms with Crippen LogP contribution < -0.4 is 0 Å². The third-order valence-corrected chi connectivity index (χ3v) is 3.78. The van der Waals surface area contributed by atoms with E-state index in [0.29, 0.717) is 4.58 Å². The van der Waals surface area contributed by atoms with Gasteiger partial charge in [0.1, 0.15) is 4.58 Å². The fraction of sp³-hybridized carbons (Fsp3) is 0.571. The van der Waals surface area contributed by atoms with Crippen LogP contribution in [0, 0.1) is 6.92 Å². The van der Waals surface area contributed by atoms with Gasteiger partial charge in [-0.3, -0.25) is 0 Å². The van der Waals surface area contributed by atoms with Crippen LogP contribution in [0.1, 0.15) is 16.0 Å². The third kappa shape index (κ3) is 2.17. The summed E-state index contributed by atoms with van der Waals surface area (Å²) >= 11 is 3.53. The molecule has 1 aromatic rings. The maximum atomic E-state index is 5.12. The standard InChI is InChI=1S/C7H11NOS2/c1-5-4-6(9-8-5)7(10-2)11-3/h4,7H,1-3H3. The Bertz CT molecular complexity index is 220. The summed E-state index contributed by atoms with van der Waals surface area (Å²) in [5.41, 5.74) is 0.952. The molecule has 0 radical (unpaired) electrons. The van der Waals surface area contributed by atoms with E-state index in [1.54, 1.807) is 23.5 Å². The molecule has 4 heteroatoms. The van der Waals surface area contributed by atoms with E-state index in [0.717, 1.165) is 11.5 Å². The molecule has 1 rings (SSSR count). The molecule has 11 heavy (non-hydrogen) atoms. The molecule has 62 valence electrons. The molecule has 0 amide bonds. The number of hydrogen-bond donors (Lipinski definition) is 0. The Kier molecular flexibility index (Phi) is 3.33. The topological polar surface area (TPSA) is 26.0 Å². The lowest BCUT2D eigenvalue weighted by Gasteiger charge is -2.04. The summed E-state index contributed by atoms with van der Waals surface area (Å²) in [5, 5.41) is 3.83. The van der Waals surface area contributed by atoms with Gasteiger partial charge in [0.25, 0.3) is 0 Å². The van der Waals surface area contributed by atoms with Crippen LogP contribution in [0.4, 0.5) is 0 Å². The smallest absolute Gasteiger partial charge is 0.159 e. The SMILES string of the molecule is CSC(SC)c1cc(C)no1. The number of hydrogen-bond acceptors (Lipinski definition) is 4. The molecular formula is C7H11NOS2. The molecule has 0 saturated heterocycles. The Morgan fingerprint density at radius 3 is 2.45 bits per heavy atom. The molecule has 0 unspecified atom stereocenters. The number of aromatic nitrogens is 1. The van der Waals surface area contributed by atoms with Crippen LogP contribution in [-0.4, -0.2) is 17.7 Å². The van der Waals surface area contributed by atoms with Crippen molar-refractivity contribution in [2.24, 2.45) is 0 Å². The van der Waals surface area contributed by atoms with Crippen molar-refractivity contribution in [3.63, 3.8) is 0 Å². The molecule has 1 heterocycles. The van der Waals surface area contributed by atoms with Gasteiger partial charge in [-0.25, -0.2) is 0 Å². The highest BCUT2D eigenvalue weighted by Crippen LogP contribution is 2.35. The fourth-order valence-corrected chi connectivity index (χ4v) is 2.28. The summed E-state index contributed by atoms with van der Waals surface area (Å²) in [7, 11) is 0. The van der Waals surface area contributed by atoms with Gasteiger partial charge in [0.15, 0.2) is 5.76 Å². The Balaban J connectivity index is 2.73. The van der Waals surface area contributed by atoms with Gasteiger partial charge in [-0.15, -0.1) is 23.5 Å². The fourth-order valence-electron chi connectivity index (χ4n) is 0.823. The van der Waals surface area contributed by atoms with Gasteiger partial charge in [0.05, 0.1) is 5.69 Å². The summed E-state index contributed by atoms with van der Waals surface area (Å²) in [6.07, 6.45) is 4.14. The van der Waals surface area contributed by atoms with Crippen LogP contribution in [-0.2, 0) is 0 Å². The molecule has 0 N–H and O–H groups in total. The zero-order valence-corrected chi connectivity index (χ0v) is 8.46. The minimum atomic E-state index is 0.385. The van der Waals surface area contributed by atoms with E-state index in [1.807, 2.05) is 13.0 Å². The molecule has 1 aromatic heterocycles. The maximum absolute atomic E-state index is 5.12. The van der Waals surface area contributed by atoms with Crippen molar-refractivity contribution in [3.8, 4) is 0 Å². The lowest BCUT2D eigenvalue weighted by Crippen LogP contribution is -1.82. The van der Waals surface area contributed by atoms with E-state index in [9.17, 15) is 0 Å². The van der Waals surface area contributed by atoms with Crippen LogP contribution in [0.15, 0.2) is 10.6 Å². The van der Waals surface area contributed by atoms with Gasteiger partial charge >= 0.3 is 0 Å². The van der Waals surface area contributed by atoms with Crippen molar-refractivity contribution in [2.45, 2.75) is 11.5 Å². The first-order valence-corrected chi connectivity index (χ1v) is 5.84. The van der Waals surface area contributed by atoms with Crippen LogP contribution in [0.2, 0.25) is 0 Å². The zero-order valence-electron chi connectivity index (χ0n) is 6.83. The summed E-state index contributed by atoms with van der Waals surface area (Å²) in [6, 6.07) is 1.98. The van der Waals surface area contributed by atoms with Crippen molar-refractivity contribution < 1.29 is 4.52 Å². The van der Waals surface area contributed by atoms with Crippen molar-refractivity contribution in [2.75, 3.05) is 12.5 Å². The number of aryl methyl sites for hydroxylation is 1. The van der Waals surface area contributed by atoms with Crippen LogP contribution in [0.3, 0.4) is 0 Å². The van der Waals surface area contributed by atoms with Crippen molar-refractivity contribution in [1.82, 2.24) is 5.16 Å². The average Bonchev–Trinajstić information content (AvgIpc) is 2.39. The highest BCUT2D eigenvalue weighted by molar-refractivity contribution is 8.15. The maximum Gasteiger partial charge on any atom is 0.159 e. The first kappa shape index (κ1) is 9.00. The Labute approximate surface area is 75.1 Å². The van der Waals surface area contributed by atoms with Crippen molar-refractivity contribution >= 4 is 23.5 Å². The van der Waals surface area contributed by atoms with Gasteiger partial charge < -0.3 is 4.52 Å². The van der Waals surface area contributed by atoms with Gasteiger partial charge in [-0.05, 0) is 19.4 Å². The second-order valence-electron chi connectivity index (χ2n) is 2.17. The minimum Gasteiger partial charge on any atom is -0.359 e. The average molecular weight is 189 g/mol. The molecule has 0 bridgehead atoms. The predicted octanol–water partition coefficient (Wildman–Crippen LogP) is 2.71. The summed E-state index contributed by atoms with van der Waals surface area (Å²) in [5.74, 6) is 0.961. The summed E-state index contributed by atoms with van der Waals surface area (Å²) in [6.45, 7) is 1.94. The molecule has 0 aliphatic rings. The van der Waals surface area contributed by atoms with Crippen molar-refractivity contribution in [1.29, 1.82) is 0 Å². The molecule has 0 aromatic carbocycles. The van der Waals surface area contributed by atoms with E-state index in [4.69, 9.17) is 4.52 Å². The quantitative estimate of drug-likeness (QED) is 0.683. The van der Waals surface area contributed by atoms with Crippen LogP contribution >= 0.6 is 23.5 Å². The molecule has 0 saturated carbocycles. The lowest BCUT2D eigenvalue weighted by molar-refractivity contribution is 0.390. The molecular weight excluding hydrogens is 178 g/mol. The lowest BCUT2D eigenvalue weighted by atomic mass is 10.4. The molecule has 2 nitrogen and oxygen atoms in total. The molecule has 0 fully saturated rings. The predicted molar refractivity (Wildman–Crippen MR) is 51.0 cm³/mol. The first-order chi connectivity index (χ1) is 5.27. The Hall–Kier alpha value is -0.0900. The van der Waals surface area contributed by atoms with Gasteiger partial charge in [-0.2, -0.15) is 0 Å². The number of nitrogens with zero attached hydrogens (tertiary/aromatic N) is 1. The van der Waals surface area contributed by atoms with E-state index >= 15 is 0 Å². The van der Waals surface area contributed by atoms with E-state index in [1.165, 1.54) is 0 Å². The van der Waals surface area contributed by atoms with Crippen LogP contribution in [0.25, 0.3) is 0 Å². The van der Waals surface area contributed by atoms with Crippen molar-refractivity contribution in [3.05, 3.63) is 17.5 Å². The number of rotatable bonds is 3. The van der Waals surface area contributed by atoms with E-state index in [2.05, 4.69) is 17.7 Å².